The Kier molecular flexibility index (Phi) is 4.10. The first kappa shape index (κ1) is 13.7. The van der Waals surface area contributed by atoms with Gasteiger partial charge in [0.05, 0.1) is 29.1 Å². The fourth-order valence-electron chi connectivity index (χ4n) is 2.36. The van der Waals surface area contributed by atoms with Crippen LogP contribution in [0.1, 0.15) is 17.1 Å². The zero-order valence-corrected chi connectivity index (χ0v) is 12.7. The van der Waals surface area contributed by atoms with Crippen LogP contribution in [0.4, 0.5) is 0 Å². The number of thiophene rings is 1. The summed E-state index contributed by atoms with van der Waals surface area (Å²) in [7, 11) is 0. The van der Waals surface area contributed by atoms with E-state index in [1.807, 2.05) is 6.08 Å². The molecule has 2 aromatic heterocycles. The molecule has 4 nitrogen and oxygen atoms in total. The molecule has 0 bridgehead atoms. The summed E-state index contributed by atoms with van der Waals surface area (Å²) in [6.07, 6.45) is 4.17. The number of ether oxygens (including phenoxy) is 1. The van der Waals surface area contributed by atoms with Gasteiger partial charge in [-0.25, -0.2) is 9.97 Å². The summed E-state index contributed by atoms with van der Waals surface area (Å²) >= 11 is 1.72. The van der Waals surface area contributed by atoms with Crippen molar-refractivity contribution in [2.45, 2.75) is 13.8 Å². The molecule has 0 atom stereocenters. The largest absolute Gasteiger partial charge is 0.379 e. The molecule has 1 saturated heterocycles. The van der Waals surface area contributed by atoms with Crippen LogP contribution < -0.4 is 0 Å². The molecule has 0 saturated carbocycles. The summed E-state index contributed by atoms with van der Waals surface area (Å²) < 4.78 is 6.54. The van der Waals surface area contributed by atoms with E-state index in [4.69, 9.17) is 4.74 Å². The van der Waals surface area contributed by atoms with E-state index in [2.05, 4.69) is 40.2 Å². The van der Waals surface area contributed by atoms with Crippen molar-refractivity contribution in [1.29, 1.82) is 0 Å². The molecule has 2 aromatic rings. The summed E-state index contributed by atoms with van der Waals surface area (Å²) in [6, 6.07) is 0. The van der Waals surface area contributed by atoms with Crippen LogP contribution in [-0.4, -0.2) is 47.7 Å². The highest BCUT2D eigenvalue weighted by atomic mass is 32.1. The molecule has 0 N–H and O–H groups in total. The number of hydrogen-bond donors (Lipinski definition) is 0. The van der Waals surface area contributed by atoms with Crippen LogP contribution in [0.2, 0.25) is 0 Å². The first-order chi connectivity index (χ1) is 9.74. The number of rotatable bonds is 3. The molecule has 1 aliphatic heterocycles. The zero-order chi connectivity index (χ0) is 13.9. The first-order valence-corrected chi connectivity index (χ1v) is 7.81. The number of aromatic nitrogens is 2. The Morgan fingerprint density at radius 3 is 2.90 bits per heavy atom. The average molecular weight is 289 g/mol. The Morgan fingerprint density at radius 2 is 2.10 bits per heavy atom. The van der Waals surface area contributed by atoms with E-state index < -0.39 is 0 Å². The Balaban J connectivity index is 1.74. The van der Waals surface area contributed by atoms with Crippen molar-refractivity contribution in [2.24, 2.45) is 0 Å². The lowest BCUT2D eigenvalue weighted by Gasteiger charge is -2.25. The smallest absolute Gasteiger partial charge is 0.152 e. The van der Waals surface area contributed by atoms with Gasteiger partial charge in [0, 0.05) is 19.6 Å². The summed E-state index contributed by atoms with van der Waals surface area (Å²) in [5.74, 6) is 0.810. The van der Waals surface area contributed by atoms with Gasteiger partial charge in [-0.1, -0.05) is 6.08 Å². The van der Waals surface area contributed by atoms with E-state index in [9.17, 15) is 0 Å². The van der Waals surface area contributed by atoms with Gasteiger partial charge in [-0.3, -0.25) is 4.90 Å². The number of aryl methyl sites for hydroxylation is 2. The number of hydrogen-bond acceptors (Lipinski definition) is 5. The second-order valence-electron chi connectivity index (χ2n) is 5.08. The lowest BCUT2D eigenvalue weighted by Crippen LogP contribution is -2.36. The zero-order valence-electron chi connectivity index (χ0n) is 11.9. The first-order valence-electron chi connectivity index (χ1n) is 6.93. The molecule has 0 spiro atoms. The molecular formula is C15H19N3OS. The summed E-state index contributed by atoms with van der Waals surface area (Å²) in [5, 5.41) is 2.15. The van der Waals surface area contributed by atoms with Gasteiger partial charge in [0.15, 0.2) is 5.82 Å². The van der Waals surface area contributed by atoms with Crippen LogP contribution in [0.3, 0.4) is 0 Å². The van der Waals surface area contributed by atoms with Crippen LogP contribution in [0.5, 0.6) is 0 Å². The molecule has 106 valence electrons. The van der Waals surface area contributed by atoms with Gasteiger partial charge >= 0.3 is 0 Å². The van der Waals surface area contributed by atoms with Gasteiger partial charge in [0.25, 0.3) is 0 Å². The maximum Gasteiger partial charge on any atom is 0.152 e. The molecule has 1 aliphatic rings. The van der Waals surface area contributed by atoms with Gasteiger partial charge in [0.1, 0.15) is 0 Å². The van der Waals surface area contributed by atoms with E-state index in [0.29, 0.717) is 0 Å². The fourth-order valence-corrected chi connectivity index (χ4v) is 3.30. The average Bonchev–Trinajstić information content (AvgIpc) is 2.82. The van der Waals surface area contributed by atoms with Crippen molar-refractivity contribution in [3.05, 3.63) is 28.5 Å². The van der Waals surface area contributed by atoms with Crippen molar-refractivity contribution in [3.63, 3.8) is 0 Å². The van der Waals surface area contributed by atoms with E-state index >= 15 is 0 Å². The topological polar surface area (TPSA) is 38.2 Å². The minimum absolute atomic E-state index is 0.810. The third-order valence-electron chi connectivity index (χ3n) is 3.51. The maximum absolute atomic E-state index is 5.34. The SMILES string of the molecule is Cc1csc2c(C)nc(/C=C/CN3CCOCC3)nc12. The highest BCUT2D eigenvalue weighted by Crippen LogP contribution is 2.25. The van der Waals surface area contributed by atoms with Crippen LogP contribution in [0, 0.1) is 13.8 Å². The van der Waals surface area contributed by atoms with Crippen molar-refractivity contribution in [2.75, 3.05) is 32.8 Å². The third-order valence-corrected chi connectivity index (χ3v) is 4.71. The van der Waals surface area contributed by atoms with E-state index in [1.54, 1.807) is 11.3 Å². The molecule has 3 heterocycles. The van der Waals surface area contributed by atoms with E-state index in [-0.39, 0.29) is 0 Å². The van der Waals surface area contributed by atoms with Gasteiger partial charge in [-0.15, -0.1) is 11.3 Å². The molecule has 0 unspecified atom stereocenters. The monoisotopic (exact) mass is 289 g/mol. The molecule has 0 radical (unpaired) electrons. The molecule has 1 fully saturated rings. The fraction of sp³-hybridized carbons (Fsp3) is 0.467. The summed E-state index contributed by atoms with van der Waals surface area (Å²) in [4.78, 5) is 11.6. The Morgan fingerprint density at radius 1 is 1.30 bits per heavy atom. The van der Waals surface area contributed by atoms with Gasteiger partial charge in [-0.05, 0) is 30.9 Å². The predicted molar refractivity (Wildman–Crippen MR) is 83.2 cm³/mol. The van der Waals surface area contributed by atoms with Crippen LogP contribution in [0.15, 0.2) is 11.5 Å². The van der Waals surface area contributed by atoms with Crippen LogP contribution >= 0.6 is 11.3 Å². The second kappa shape index (κ2) is 5.99. The number of fused-ring (bicyclic) bond motifs is 1. The Hall–Kier alpha value is -1.30. The molecule has 20 heavy (non-hydrogen) atoms. The minimum Gasteiger partial charge on any atom is -0.379 e. The highest BCUT2D eigenvalue weighted by molar-refractivity contribution is 7.17. The minimum atomic E-state index is 0.810. The lowest BCUT2D eigenvalue weighted by atomic mass is 10.3. The Labute approximate surface area is 123 Å². The highest BCUT2D eigenvalue weighted by Gasteiger charge is 2.09. The third kappa shape index (κ3) is 2.90. The molecule has 0 amide bonds. The summed E-state index contributed by atoms with van der Waals surface area (Å²) in [5.41, 5.74) is 3.39. The molecule has 0 aromatic carbocycles. The van der Waals surface area contributed by atoms with Crippen LogP contribution in [-0.2, 0) is 4.74 Å². The van der Waals surface area contributed by atoms with Crippen molar-refractivity contribution in [3.8, 4) is 0 Å². The molecule has 3 rings (SSSR count). The molecule has 0 aliphatic carbocycles. The maximum atomic E-state index is 5.34. The predicted octanol–water partition coefficient (Wildman–Crippen LogP) is 2.65. The molecular weight excluding hydrogens is 270 g/mol. The number of nitrogens with zero attached hydrogens (tertiary/aromatic N) is 3. The van der Waals surface area contributed by atoms with Crippen LogP contribution in [0.25, 0.3) is 16.3 Å². The standard InChI is InChI=1S/C15H19N3OS/c1-11-10-20-15-12(2)16-13(17-14(11)15)4-3-5-18-6-8-19-9-7-18/h3-4,10H,5-9H2,1-2H3/b4-3+. The van der Waals surface area contributed by atoms with Crippen molar-refractivity contribution in [1.82, 2.24) is 14.9 Å². The van der Waals surface area contributed by atoms with E-state index in [0.717, 1.165) is 49.9 Å². The van der Waals surface area contributed by atoms with Gasteiger partial charge in [0.2, 0.25) is 0 Å². The lowest BCUT2D eigenvalue weighted by molar-refractivity contribution is 0.0435. The molecule has 5 heteroatoms. The van der Waals surface area contributed by atoms with Gasteiger partial charge in [-0.2, -0.15) is 0 Å². The van der Waals surface area contributed by atoms with Gasteiger partial charge < -0.3 is 4.74 Å². The Bertz CT molecular complexity index is 629. The summed E-state index contributed by atoms with van der Waals surface area (Å²) in [6.45, 7) is 8.78. The number of morpholine rings is 1. The van der Waals surface area contributed by atoms with E-state index in [1.165, 1.54) is 10.3 Å². The quantitative estimate of drug-likeness (QED) is 0.870. The van der Waals surface area contributed by atoms with Crippen molar-refractivity contribution < 1.29 is 4.74 Å². The van der Waals surface area contributed by atoms with Crippen molar-refractivity contribution >= 4 is 27.6 Å². The second-order valence-corrected chi connectivity index (χ2v) is 5.96. The normalized spacial score (nSPS) is 17.3.